The van der Waals surface area contributed by atoms with Crippen LogP contribution in [0.5, 0.6) is 0 Å². The SMILES string of the molecule is O=C(Nc1ccccn1)N[C@H]1CCCCNC1=O. The van der Waals surface area contributed by atoms with E-state index < -0.39 is 12.1 Å². The Hall–Kier alpha value is -2.11. The third kappa shape index (κ3) is 3.44. The van der Waals surface area contributed by atoms with Crippen molar-refractivity contribution in [3.8, 4) is 0 Å². The van der Waals surface area contributed by atoms with Crippen LogP contribution in [0, 0.1) is 0 Å². The molecule has 3 amide bonds. The monoisotopic (exact) mass is 248 g/mol. The Morgan fingerprint density at radius 2 is 2.28 bits per heavy atom. The predicted octanol–water partition coefficient (Wildman–Crippen LogP) is 0.872. The molecule has 0 spiro atoms. The zero-order chi connectivity index (χ0) is 12.8. The van der Waals surface area contributed by atoms with Gasteiger partial charge >= 0.3 is 6.03 Å². The lowest BCUT2D eigenvalue weighted by Crippen LogP contribution is -2.47. The summed E-state index contributed by atoms with van der Waals surface area (Å²) < 4.78 is 0. The summed E-state index contributed by atoms with van der Waals surface area (Å²) in [5, 5.41) is 8.01. The fourth-order valence-electron chi connectivity index (χ4n) is 1.82. The van der Waals surface area contributed by atoms with E-state index >= 15 is 0 Å². The summed E-state index contributed by atoms with van der Waals surface area (Å²) in [6.45, 7) is 0.679. The van der Waals surface area contributed by atoms with Crippen LogP contribution in [0.2, 0.25) is 0 Å². The number of anilines is 1. The van der Waals surface area contributed by atoms with Gasteiger partial charge in [-0.25, -0.2) is 9.78 Å². The minimum atomic E-state index is -0.462. The summed E-state index contributed by atoms with van der Waals surface area (Å²) in [5.74, 6) is 0.340. The number of carbonyl (C=O) groups is 2. The summed E-state index contributed by atoms with van der Waals surface area (Å²) in [6.07, 6.45) is 4.13. The van der Waals surface area contributed by atoms with Crippen LogP contribution < -0.4 is 16.0 Å². The Morgan fingerprint density at radius 1 is 1.39 bits per heavy atom. The minimum Gasteiger partial charge on any atom is -0.354 e. The Bertz CT molecular complexity index is 421. The van der Waals surface area contributed by atoms with E-state index in [0.717, 1.165) is 12.8 Å². The molecular formula is C12H16N4O2. The highest BCUT2D eigenvalue weighted by Gasteiger charge is 2.22. The van der Waals surface area contributed by atoms with Crippen molar-refractivity contribution in [3.63, 3.8) is 0 Å². The number of urea groups is 1. The first-order valence-electron chi connectivity index (χ1n) is 6.02. The highest BCUT2D eigenvalue weighted by Crippen LogP contribution is 2.06. The highest BCUT2D eigenvalue weighted by atomic mass is 16.2. The number of hydrogen-bond donors (Lipinski definition) is 3. The van der Waals surface area contributed by atoms with Crippen LogP contribution in [0.15, 0.2) is 24.4 Å². The van der Waals surface area contributed by atoms with Gasteiger partial charge in [0.25, 0.3) is 0 Å². The van der Waals surface area contributed by atoms with Crippen LogP contribution in [-0.4, -0.2) is 29.5 Å². The molecule has 0 saturated carbocycles. The first-order valence-corrected chi connectivity index (χ1v) is 6.02. The molecule has 1 aromatic rings. The molecule has 1 fully saturated rings. The summed E-state index contributed by atoms with van der Waals surface area (Å²) in [6, 6.07) is 4.36. The molecule has 1 atom stereocenters. The van der Waals surface area contributed by atoms with Gasteiger partial charge in [-0.2, -0.15) is 0 Å². The summed E-state index contributed by atoms with van der Waals surface area (Å²) in [5.41, 5.74) is 0. The van der Waals surface area contributed by atoms with Gasteiger partial charge in [0, 0.05) is 12.7 Å². The number of nitrogens with zero attached hydrogens (tertiary/aromatic N) is 1. The Labute approximate surface area is 105 Å². The molecule has 0 bridgehead atoms. The fraction of sp³-hybridized carbons (Fsp3) is 0.417. The van der Waals surface area contributed by atoms with E-state index in [1.807, 2.05) is 0 Å². The van der Waals surface area contributed by atoms with Gasteiger partial charge in [-0.15, -0.1) is 0 Å². The molecule has 6 heteroatoms. The van der Waals surface area contributed by atoms with Crippen molar-refractivity contribution < 1.29 is 9.59 Å². The number of nitrogens with one attached hydrogen (secondary N) is 3. The molecule has 0 aliphatic carbocycles. The van der Waals surface area contributed by atoms with E-state index in [1.54, 1.807) is 24.4 Å². The smallest absolute Gasteiger partial charge is 0.321 e. The quantitative estimate of drug-likeness (QED) is 0.726. The molecule has 96 valence electrons. The average molecular weight is 248 g/mol. The van der Waals surface area contributed by atoms with E-state index in [1.165, 1.54) is 0 Å². The number of carbonyl (C=O) groups excluding carboxylic acids is 2. The topological polar surface area (TPSA) is 83.1 Å². The third-order valence-electron chi connectivity index (χ3n) is 2.75. The van der Waals surface area contributed by atoms with Gasteiger partial charge in [0.15, 0.2) is 0 Å². The molecule has 2 heterocycles. The van der Waals surface area contributed by atoms with Crippen LogP contribution >= 0.6 is 0 Å². The van der Waals surface area contributed by atoms with Gasteiger partial charge in [0.1, 0.15) is 11.9 Å². The number of rotatable bonds is 2. The number of pyridine rings is 1. The maximum absolute atomic E-state index is 11.7. The molecule has 6 nitrogen and oxygen atoms in total. The zero-order valence-electron chi connectivity index (χ0n) is 9.98. The maximum atomic E-state index is 11.7. The van der Waals surface area contributed by atoms with E-state index in [2.05, 4.69) is 20.9 Å². The van der Waals surface area contributed by atoms with Gasteiger partial charge in [-0.05, 0) is 31.4 Å². The normalized spacial score (nSPS) is 19.6. The molecule has 0 aromatic carbocycles. The lowest BCUT2D eigenvalue weighted by atomic mass is 10.1. The second kappa shape index (κ2) is 6.00. The van der Waals surface area contributed by atoms with Crippen molar-refractivity contribution in [2.45, 2.75) is 25.3 Å². The van der Waals surface area contributed by atoms with Gasteiger partial charge in [-0.1, -0.05) is 6.07 Å². The van der Waals surface area contributed by atoms with Crippen molar-refractivity contribution in [2.75, 3.05) is 11.9 Å². The maximum Gasteiger partial charge on any atom is 0.321 e. The second-order valence-electron chi connectivity index (χ2n) is 4.15. The first kappa shape index (κ1) is 12.3. The van der Waals surface area contributed by atoms with E-state index in [4.69, 9.17) is 0 Å². The molecule has 1 aliphatic rings. The highest BCUT2D eigenvalue weighted by molar-refractivity contribution is 5.93. The van der Waals surface area contributed by atoms with E-state index in [-0.39, 0.29) is 5.91 Å². The van der Waals surface area contributed by atoms with Gasteiger partial charge in [0.2, 0.25) is 5.91 Å². The summed E-state index contributed by atoms with van der Waals surface area (Å²) in [7, 11) is 0. The molecule has 1 saturated heterocycles. The Morgan fingerprint density at radius 3 is 3.06 bits per heavy atom. The molecule has 0 radical (unpaired) electrons. The summed E-state index contributed by atoms with van der Waals surface area (Å²) >= 11 is 0. The molecule has 1 aliphatic heterocycles. The molecule has 3 N–H and O–H groups in total. The van der Waals surface area contributed by atoms with E-state index in [9.17, 15) is 9.59 Å². The minimum absolute atomic E-state index is 0.122. The van der Waals surface area contributed by atoms with Crippen molar-refractivity contribution >= 4 is 17.8 Å². The molecule has 2 rings (SSSR count). The van der Waals surface area contributed by atoms with Gasteiger partial charge in [0.05, 0.1) is 0 Å². The number of amides is 3. The van der Waals surface area contributed by atoms with Crippen molar-refractivity contribution in [3.05, 3.63) is 24.4 Å². The van der Waals surface area contributed by atoms with Crippen molar-refractivity contribution in [1.82, 2.24) is 15.6 Å². The van der Waals surface area contributed by atoms with Crippen LogP contribution in [0.4, 0.5) is 10.6 Å². The third-order valence-corrected chi connectivity index (χ3v) is 2.75. The first-order chi connectivity index (χ1) is 8.75. The second-order valence-corrected chi connectivity index (χ2v) is 4.15. The van der Waals surface area contributed by atoms with E-state index in [0.29, 0.717) is 18.8 Å². The molecular weight excluding hydrogens is 232 g/mol. The lowest BCUT2D eigenvalue weighted by Gasteiger charge is -2.15. The largest absolute Gasteiger partial charge is 0.354 e. The lowest BCUT2D eigenvalue weighted by molar-refractivity contribution is -0.122. The number of aromatic nitrogens is 1. The predicted molar refractivity (Wildman–Crippen MR) is 67.0 cm³/mol. The van der Waals surface area contributed by atoms with Crippen LogP contribution in [-0.2, 0) is 4.79 Å². The number of hydrogen-bond acceptors (Lipinski definition) is 3. The van der Waals surface area contributed by atoms with Crippen molar-refractivity contribution in [2.24, 2.45) is 0 Å². The van der Waals surface area contributed by atoms with Crippen LogP contribution in [0.3, 0.4) is 0 Å². The zero-order valence-corrected chi connectivity index (χ0v) is 9.98. The Balaban J connectivity index is 1.88. The standard InChI is InChI=1S/C12H16N4O2/c17-11-9(5-1-3-8-14-11)15-12(18)16-10-6-2-4-7-13-10/h2,4,6-7,9H,1,3,5,8H2,(H,14,17)(H2,13,15,16,18)/t9-/m0/s1. The van der Waals surface area contributed by atoms with Crippen molar-refractivity contribution in [1.29, 1.82) is 0 Å². The molecule has 18 heavy (non-hydrogen) atoms. The summed E-state index contributed by atoms with van der Waals surface area (Å²) in [4.78, 5) is 27.3. The van der Waals surface area contributed by atoms with Crippen LogP contribution in [0.25, 0.3) is 0 Å². The molecule has 0 unspecified atom stereocenters. The Kier molecular flexibility index (Phi) is 4.11. The van der Waals surface area contributed by atoms with Crippen LogP contribution in [0.1, 0.15) is 19.3 Å². The average Bonchev–Trinajstić information content (AvgIpc) is 2.56. The van der Waals surface area contributed by atoms with Gasteiger partial charge < -0.3 is 10.6 Å². The molecule has 1 aromatic heterocycles. The van der Waals surface area contributed by atoms with Gasteiger partial charge in [-0.3, -0.25) is 10.1 Å². The fourth-order valence-corrected chi connectivity index (χ4v) is 1.82.